The van der Waals surface area contributed by atoms with Gasteiger partial charge in [-0.2, -0.15) is 0 Å². The fourth-order valence-corrected chi connectivity index (χ4v) is 0.868. The molecular formula is C9H12N2O. The van der Waals surface area contributed by atoms with E-state index in [1.807, 2.05) is 6.07 Å². The Kier molecular flexibility index (Phi) is 2.71. The molecule has 0 saturated carbocycles. The second-order valence-corrected chi connectivity index (χ2v) is 2.48. The Bertz CT molecular complexity index is 294. The minimum absolute atomic E-state index is 0.217. The smallest absolute Gasteiger partial charge is 0.122 e. The molecule has 0 spiro atoms. The summed E-state index contributed by atoms with van der Waals surface area (Å²) in [6, 6.07) is 6.97. The highest BCUT2D eigenvalue weighted by Crippen LogP contribution is 2.17. The third-order valence-electron chi connectivity index (χ3n) is 1.51. The molecule has 0 saturated heterocycles. The average molecular weight is 164 g/mol. The van der Waals surface area contributed by atoms with Crippen LogP contribution >= 0.6 is 0 Å². The summed E-state index contributed by atoms with van der Waals surface area (Å²) in [5.41, 5.74) is 12.0. The molecule has 0 atom stereocenters. The molecule has 3 heteroatoms. The van der Waals surface area contributed by atoms with E-state index in [4.69, 9.17) is 11.5 Å². The Morgan fingerprint density at radius 2 is 2.08 bits per heavy atom. The summed E-state index contributed by atoms with van der Waals surface area (Å²) in [5, 5.41) is 9.31. The van der Waals surface area contributed by atoms with E-state index in [1.165, 1.54) is 0 Å². The molecule has 5 N–H and O–H groups in total. The predicted octanol–water partition coefficient (Wildman–Crippen LogP) is 0.650. The number of rotatable bonds is 2. The van der Waals surface area contributed by atoms with Gasteiger partial charge in [-0.1, -0.05) is 18.2 Å². The van der Waals surface area contributed by atoms with Crippen molar-refractivity contribution >= 4 is 6.08 Å². The number of para-hydroxylation sites is 1. The molecule has 64 valence electrons. The number of hydrogen-bond acceptors (Lipinski definition) is 3. The minimum Gasteiger partial charge on any atom is -0.507 e. The molecular weight excluding hydrogens is 152 g/mol. The normalized spacial score (nSPS) is 11.6. The molecule has 0 amide bonds. The summed E-state index contributed by atoms with van der Waals surface area (Å²) in [5.74, 6) is 0.217. The first-order valence-corrected chi connectivity index (χ1v) is 3.68. The lowest BCUT2D eigenvalue weighted by atomic mass is 10.2. The molecule has 0 aliphatic heterocycles. The van der Waals surface area contributed by atoms with Gasteiger partial charge in [0.1, 0.15) is 5.75 Å². The molecule has 0 aromatic heterocycles. The molecule has 0 fully saturated rings. The van der Waals surface area contributed by atoms with Gasteiger partial charge in [-0.15, -0.1) is 0 Å². The molecule has 0 bridgehead atoms. The van der Waals surface area contributed by atoms with Gasteiger partial charge in [0.2, 0.25) is 0 Å². The first-order valence-electron chi connectivity index (χ1n) is 3.68. The van der Waals surface area contributed by atoms with E-state index in [0.29, 0.717) is 17.8 Å². The van der Waals surface area contributed by atoms with Crippen molar-refractivity contribution in [2.24, 2.45) is 11.5 Å². The van der Waals surface area contributed by atoms with E-state index >= 15 is 0 Å². The molecule has 0 aliphatic carbocycles. The summed E-state index contributed by atoms with van der Waals surface area (Å²) in [7, 11) is 0. The van der Waals surface area contributed by atoms with E-state index in [9.17, 15) is 5.11 Å². The SMILES string of the molecule is NC/C(N)=C\c1ccccc1O. The van der Waals surface area contributed by atoms with Gasteiger partial charge < -0.3 is 16.6 Å². The fourth-order valence-electron chi connectivity index (χ4n) is 0.868. The lowest BCUT2D eigenvalue weighted by Crippen LogP contribution is -2.10. The third-order valence-corrected chi connectivity index (χ3v) is 1.51. The van der Waals surface area contributed by atoms with Gasteiger partial charge in [-0.05, 0) is 12.1 Å². The summed E-state index contributed by atoms with van der Waals surface area (Å²) in [6.07, 6.45) is 1.66. The lowest BCUT2D eigenvalue weighted by molar-refractivity contribution is 0.474. The number of nitrogens with two attached hydrogens (primary N) is 2. The number of hydrogen-bond donors (Lipinski definition) is 3. The highest BCUT2D eigenvalue weighted by molar-refractivity contribution is 5.58. The Morgan fingerprint density at radius 3 is 2.67 bits per heavy atom. The van der Waals surface area contributed by atoms with E-state index in [2.05, 4.69) is 0 Å². The standard InChI is InChI=1S/C9H12N2O/c10-6-8(11)5-7-3-1-2-4-9(7)12/h1-5,12H,6,10-11H2/b8-5+. The number of phenols is 1. The van der Waals surface area contributed by atoms with Crippen LogP contribution in [0.4, 0.5) is 0 Å². The van der Waals surface area contributed by atoms with Crippen molar-refractivity contribution in [1.82, 2.24) is 0 Å². The van der Waals surface area contributed by atoms with E-state index in [1.54, 1.807) is 24.3 Å². The van der Waals surface area contributed by atoms with Crippen LogP contribution < -0.4 is 11.5 Å². The topological polar surface area (TPSA) is 72.3 Å². The van der Waals surface area contributed by atoms with Crippen molar-refractivity contribution in [3.05, 3.63) is 35.5 Å². The Morgan fingerprint density at radius 1 is 1.42 bits per heavy atom. The Hall–Kier alpha value is -1.48. The number of benzene rings is 1. The maximum Gasteiger partial charge on any atom is 0.122 e. The van der Waals surface area contributed by atoms with Crippen LogP contribution in [0, 0.1) is 0 Å². The van der Waals surface area contributed by atoms with Gasteiger partial charge in [-0.3, -0.25) is 0 Å². The van der Waals surface area contributed by atoms with Crippen molar-refractivity contribution in [3.63, 3.8) is 0 Å². The second-order valence-electron chi connectivity index (χ2n) is 2.48. The molecule has 12 heavy (non-hydrogen) atoms. The highest BCUT2D eigenvalue weighted by atomic mass is 16.3. The van der Waals surface area contributed by atoms with Crippen LogP contribution in [0.5, 0.6) is 5.75 Å². The van der Waals surface area contributed by atoms with E-state index in [-0.39, 0.29) is 5.75 Å². The van der Waals surface area contributed by atoms with Crippen LogP contribution in [0.25, 0.3) is 6.08 Å². The van der Waals surface area contributed by atoms with Crippen molar-refractivity contribution < 1.29 is 5.11 Å². The van der Waals surface area contributed by atoms with Crippen LogP contribution in [0.1, 0.15) is 5.56 Å². The molecule has 0 radical (unpaired) electrons. The van der Waals surface area contributed by atoms with Crippen LogP contribution in [0.15, 0.2) is 30.0 Å². The summed E-state index contributed by atoms with van der Waals surface area (Å²) in [4.78, 5) is 0. The summed E-state index contributed by atoms with van der Waals surface area (Å²) in [6.45, 7) is 0.300. The largest absolute Gasteiger partial charge is 0.507 e. The van der Waals surface area contributed by atoms with Gasteiger partial charge >= 0.3 is 0 Å². The van der Waals surface area contributed by atoms with Gasteiger partial charge in [0, 0.05) is 17.8 Å². The molecule has 3 nitrogen and oxygen atoms in total. The first-order chi connectivity index (χ1) is 5.74. The van der Waals surface area contributed by atoms with Crippen LogP contribution in [-0.4, -0.2) is 11.7 Å². The van der Waals surface area contributed by atoms with Gasteiger partial charge in [-0.25, -0.2) is 0 Å². The molecule has 1 rings (SSSR count). The molecule has 1 aromatic carbocycles. The third kappa shape index (κ3) is 2.00. The maximum atomic E-state index is 9.31. The van der Waals surface area contributed by atoms with Crippen molar-refractivity contribution in [1.29, 1.82) is 0 Å². The van der Waals surface area contributed by atoms with Crippen LogP contribution in [-0.2, 0) is 0 Å². The zero-order chi connectivity index (χ0) is 8.97. The second kappa shape index (κ2) is 3.78. The van der Waals surface area contributed by atoms with Crippen LogP contribution in [0.2, 0.25) is 0 Å². The van der Waals surface area contributed by atoms with Crippen LogP contribution in [0.3, 0.4) is 0 Å². The van der Waals surface area contributed by atoms with E-state index < -0.39 is 0 Å². The Labute approximate surface area is 71.3 Å². The highest BCUT2D eigenvalue weighted by Gasteiger charge is 1.95. The van der Waals surface area contributed by atoms with Crippen molar-refractivity contribution in [2.45, 2.75) is 0 Å². The summed E-state index contributed by atoms with van der Waals surface area (Å²) < 4.78 is 0. The zero-order valence-corrected chi connectivity index (χ0v) is 6.70. The van der Waals surface area contributed by atoms with Crippen molar-refractivity contribution in [3.8, 4) is 5.75 Å². The van der Waals surface area contributed by atoms with Gasteiger partial charge in [0.05, 0.1) is 0 Å². The molecule has 0 heterocycles. The van der Waals surface area contributed by atoms with Gasteiger partial charge in [0.25, 0.3) is 0 Å². The monoisotopic (exact) mass is 164 g/mol. The zero-order valence-electron chi connectivity index (χ0n) is 6.70. The molecule has 1 aromatic rings. The fraction of sp³-hybridized carbons (Fsp3) is 0.111. The Balaban J connectivity index is 2.96. The molecule has 0 aliphatic rings. The quantitative estimate of drug-likeness (QED) is 0.601. The maximum absolute atomic E-state index is 9.31. The predicted molar refractivity (Wildman–Crippen MR) is 49.3 cm³/mol. The minimum atomic E-state index is 0.217. The average Bonchev–Trinajstić information content (AvgIpc) is 2.09. The summed E-state index contributed by atoms with van der Waals surface area (Å²) >= 11 is 0. The number of phenolic OH excluding ortho intramolecular Hbond substituents is 1. The lowest BCUT2D eigenvalue weighted by Gasteiger charge is -1.99. The van der Waals surface area contributed by atoms with E-state index in [0.717, 1.165) is 0 Å². The van der Waals surface area contributed by atoms with Gasteiger partial charge in [0.15, 0.2) is 0 Å². The number of aromatic hydroxyl groups is 1. The van der Waals surface area contributed by atoms with Crippen molar-refractivity contribution in [2.75, 3.05) is 6.54 Å². The molecule has 0 unspecified atom stereocenters. The first kappa shape index (κ1) is 8.62.